The van der Waals surface area contributed by atoms with Crippen LogP contribution in [-0.2, 0) is 18.8 Å². The first-order valence-corrected chi connectivity index (χ1v) is 6.74. The van der Waals surface area contributed by atoms with Crippen molar-refractivity contribution in [1.29, 1.82) is 0 Å². The molecule has 2 aromatic carbocycles. The Morgan fingerprint density at radius 1 is 0.850 bits per heavy atom. The number of hydrogen-bond acceptors (Lipinski definition) is 0. The van der Waals surface area contributed by atoms with E-state index in [1.165, 1.54) is 17.7 Å². The minimum Gasteiger partial charge on any atom is -0.166 e. The minimum atomic E-state index is -4.21. The Kier molecular flexibility index (Phi) is 6.14. The summed E-state index contributed by atoms with van der Waals surface area (Å²) in [5, 5.41) is 0. The molecule has 0 unspecified atom stereocenters. The number of alkyl halides is 3. The first-order chi connectivity index (χ1) is 9.30. The molecule has 0 saturated carbocycles. The van der Waals surface area contributed by atoms with E-state index in [1.807, 2.05) is 0 Å². The normalized spacial score (nSPS) is 10.9. The smallest absolute Gasteiger partial charge is 0.166 e. The molecule has 0 heterocycles. The molecule has 0 radical (unpaired) electrons. The largest absolute Gasteiger partial charge is 0.416 e. The molecule has 0 atom stereocenters. The maximum Gasteiger partial charge on any atom is 0.416 e. The van der Waals surface area contributed by atoms with Crippen molar-refractivity contribution in [3.63, 3.8) is 0 Å². The molecular formula is C16H18F3S+. The lowest BCUT2D eigenvalue weighted by Gasteiger charge is -2.03. The van der Waals surface area contributed by atoms with Crippen molar-refractivity contribution in [1.82, 2.24) is 0 Å². The van der Waals surface area contributed by atoms with Crippen LogP contribution >= 0.6 is 0 Å². The van der Waals surface area contributed by atoms with E-state index in [4.69, 9.17) is 0 Å². The molecule has 20 heavy (non-hydrogen) atoms. The van der Waals surface area contributed by atoms with Crippen molar-refractivity contribution in [3.05, 3.63) is 65.7 Å². The Hall–Kier alpha value is -1.42. The van der Waals surface area contributed by atoms with Gasteiger partial charge in [0.2, 0.25) is 0 Å². The van der Waals surface area contributed by atoms with E-state index in [1.54, 1.807) is 6.07 Å². The van der Waals surface area contributed by atoms with E-state index in [0.717, 1.165) is 17.0 Å². The summed E-state index contributed by atoms with van der Waals surface area (Å²) in [5.74, 6) is 0.632. The van der Waals surface area contributed by atoms with Crippen LogP contribution in [0.15, 0.2) is 59.5 Å². The predicted octanol–water partition coefficient (Wildman–Crippen LogP) is 4.89. The van der Waals surface area contributed by atoms with Gasteiger partial charge in [0.25, 0.3) is 0 Å². The second-order valence-corrected chi connectivity index (χ2v) is 5.22. The molecule has 108 valence electrons. The predicted molar refractivity (Wildman–Crippen MR) is 80.4 cm³/mol. The summed E-state index contributed by atoms with van der Waals surface area (Å²) in [6.45, 7) is 4.39. The molecule has 0 spiro atoms. The zero-order valence-corrected chi connectivity index (χ0v) is 12.4. The van der Waals surface area contributed by atoms with Crippen molar-refractivity contribution in [2.24, 2.45) is 0 Å². The van der Waals surface area contributed by atoms with Crippen LogP contribution in [0, 0.1) is 0 Å². The minimum absolute atomic E-state index is 0.602. The van der Waals surface area contributed by atoms with Crippen LogP contribution in [0.25, 0.3) is 0 Å². The maximum absolute atomic E-state index is 11.8. The third kappa shape index (κ3) is 5.70. The molecule has 0 aliphatic heterocycles. The standard InChI is InChI=1S/C9H12S.C7H5F3/c1-7(2)8-3-5-9(10)6-4-8;8-7(9,10)6-4-2-1-3-5-6/h3-7,10H,1-2H3;1-5H/p+1. The van der Waals surface area contributed by atoms with Gasteiger partial charge in [0.05, 0.1) is 5.56 Å². The fraction of sp³-hybridized carbons (Fsp3) is 0.250. The Morgan fingerprint density at radius 3 is 1.70 bits per heavy atom. The average Bonchev–Trinajstić information content (AvgIpc) is 2.40. The van der Waals surface area contributed by atoms with E-state index < -0.39 is 11.7 Å². The summed E-state index contributed by atoms with van der Waals surface area (Å²) in [6, 6.07) is 14.8. The van der Waals surface area contributed by atoms with Crippen LogP contribution in [0.5, 0.6) is 0 Å². The first kappa shape index (κ1) is 16.6. The Balaban J connectivity index is 0.000000200. The first-order valence-electron chi connectivity index (χ1n) is 6.24. The van der Waals surface area contributed by atoms with Crippen LogP contribution in [0.3, 0.4) is 0 Å². The molecule has 0 amide bonds. The van der Waals surface area contributed by atoms with E-state index in [-0.39, 0.29) is 0 Å². The highest BCUT2D eigenvalue weighted by molar-refractivity contribution is 7.58. The lowest BCUT2D eigenvalue weighted by Crippen LogP contribution is -2.03. The van der Waals surface area contributed by atoms with Crippen molar-refractivity contribution >= 4 is 12.6 Å². The summed E-state index contributed by atoms with van der Waals surface area (Å²) in [7, 11) is 0. The monoisotopic (exact) mass is 299 g/mol. The van der Waals surface area contributed by atoms with Gasteiger partial charge in [-0.2, -0.15) is 13.2 Å². The molecule has 0 fully saturated rings. The fourth-order valence-electron chi connectivity index (χ4n) is 1.50. The summed E-state index contributed by atoms with van der Waals surface area (Å²) < 4.78 is 35.4. The van der Waals surface area contributed by atoms with Crippen LogP contribution in [0.2, 0.25) is 0 Å². The lowest BCUT2D eigenvalue weighted by molar-refractivity contribution is -0.137. The Morgan fingerprint density at radius 2 is 1.35 bits per heavy atom. The van der Waals surface area contributed by atoms with Gasteiger partial charge in [-0.05, 0) is 36.2 Å². The highest BCUT2D eigenvalue weighted by Gasteiger charge is 2.29. The van der Waals surface area contributed by atoms with Crippen molar-refractivity contribution in [2.45, 2.75) is 30.8 Å². The number of benzene rings is 2. The van der Waals surface area contributed by atoms with Crippen LogP contribution < -0.4 is 0 Å². The summed E-state index contributed by atoms with van der Waals surface area (Å²) in [6.07, 6.45) is -4.21. The molecule has 2 aromatic rings. The highest BCUT2D eigenvalue weighted by atomic mass is 32.1. The van der Waals surface area contributed by atoms with Gasteiger partial charge in [-0.15, -0.1) is 0 Å². The van der Waals surface area contributed by atoms with Gasteiger partial charge >= 0.3 is 6.18 Å². The zero-order valence-electron chi connectivity index (χ0n) is 11.4. The van der Waals surface area contributed by atoms with Crippen LogP contribution in [0.1, 0.15) is 30.9 Å². The number of rotatable bonds is 1. The molecule has 0 nitrogen and oxygen atoms in total. The number of hydrogen-bond donors (Lipinski definition) is 0. The summed E-state index contributed by atoms with van der Waals surface area (Å²) in [4.78, 5) is 1.14. The van der Waals surface area contributed by atoms with E-state index in [0.29, 0.717) is 5.92 Å². The van der Waals surface area contributed by atoms with Gasteiger partial charge in [-0.25, -0.2) is 0 Å². The molecule has 0 aromatic heterocycles. The van der Waals surface area contributed by atoms with Gasteiger partial charge in [0, 0.05) is 0 Å². The maximum atomic E-state index is 11.8. The van der Waals surface area contributed by atoms with E-state index in [9.17, 15) is 13.2 Å². The quantitative estimate of drug-likeness (QED) is 0.658. The van der Waals surface area contributed by atoms with Crippen molar-refractivity contribution < 1.29 is 13.2 Å². The van der Waals surface area contributed by atoms with Crippen molar-refractivity contribution in [2.75, 3.05) is 0 Å². The molecule has 2 rings (SSSR count). The lowest BCUT2D eigenvalue weighted by atomic mass is 10.0. The fourth-order valence-corrected chi connectivity index (χ4v) is 1.66. The highest BCUT2D eigenvalue weighted by Crippen LogP contribution is 2.28. The van der Waals surface area contributed by atoms with Gasteiger partial charge in [-0.1, -0.05) is 56.3 Å². The van der Waals surface area contributed by atoms with Gasteiger partial charge in [0.1, 0.15) is 4.90 Å². The van der Waals surface area contributed by atoms with E-state index in [2.05, 4.69) is 50.7 Å². The molecule has 4 heteroatoms. The van der Waals surface area contributed by atoms with Crippen LogP contribution in [0.4, 0.5) is 13.2 Å². The SMILES string of the molecule is CC(C)c1ccc([SH2+])cc1.FC(F)(F)c1ccccc1. The van der Waals surface area contributed by atoms with Gasteiger partial charge < -0.3 is 0 Å². The molecule has 0 aliphatic rings. The van der Waals surface area contributed by atoms with Gasteiger partial charge in [0.15, 0.2) is 0 Å². The van der Waals surface area contributed by atoms with Crippen LogP contribution in [-0.4, -0.2) is 0 Å². The molecule has 0 N–H and O–H groups in total. The number of halogens is 3. The van der Waals surface area contributed by atoms with E-state index >= 15 is 0 Å². The second kappa shape index (κ2) is 7.39. The molecule has 0 aliphatic carbocycles. The Bertz CT molecular complexity index is 501. The third-order valence-corrected chi connectivity index (χ3v) is 3.01. The Labute approximate surface area is 123 Å². The average molecular weight is 299 g/mol. The summed E-state index contributed by atoms with van der Waals surface area (Å²) in [5.41, 5.74) is 0.789. The topological polar surface area (TPSA) is 0 Å². The summed E-state index contributed by atoms with van der Waals surface area (Å²) >= 11 is 3.44. The molecular weight excluding hydrogens is 281 g/mol. The zero-order chi connectivity index (χ0) is 15.2. The third-order valence-electron chi connectivity index (χ3n) is 2.68. The van der Waals surface area contributed by atoms with Gasteiger partial charge in [-0.3, -0.25) is 0 Å². The molecule has 0 bridgehead atoms. The molecule has 0 saturated heterocycles. The van der Waals surface area contributed by atoms with Crippen molar-refractivity contribution in [3.8, 4) is 0 Å². The second-order valence-electron chi connectivity index (χ2n) is 4.64.